The summed E-state index contributed by atoms with van der Waals surface area (Å²) in [5.74, 6) is 0.191. The van der Waals surface area contributed by atoms with E-state index in [4.69, 9.17) is 11.6 Å². The van der Waals surface area contributed by atoms with Crippen molar-refractivity contribution in [3.63, 3.8) is 0 Å². The Labute approximate surface area is 111 Å². The van der Waals surface area contributed by atoms with Gasteiger partial charge in [-0.15, -0.1) is 0 Å². The van der Waals surface area contributed by atoms with Gasteiger partial charge in [-0.25, -0.2) is 4.39 Å². The number of carbonyl (C=O) groups is 1. The predicted molar refractivity (Wildman–Crippen MR) is 72.3 cm³/mol. The Hall–Kier alpha value is -0.540. The van der Waals surface area contributed by atoms with Gasteiger partial charge in [-0.05, 0) is 30.2 Å². The number of ketones is 1. The molecular formula is C13H16ClFOS. The second-order valence-corrected chi connectivity index (χ2v) is 5.81. The van der Waals surface area contributed by atoms with Gasteiger partial charge in [0.25, 0.3) is 0 Å². The van der Waals surface area contributed by atoms with Crippen LogP contribution in [0.15, 0.2) is 18.2 Å². The van der Waals surface area contributed by atoms with Gasteiger partial charge < -0.3 is 0 Å². The van der Waals surface area contributed by atoms with Crippen molar-refractivity contribution in [2.24, 2.45) is 0 Å². The van der Waals surface area contributed by atoms with Crippen LogP contribution in [0.25, 0.3) is 0 Å². The zero-order valence-electron chi connectivity index (χ0n) is 10.0. The molecule has 17 heavy (non-hydrogen) atoms. The number of Topliss-reactive ketones (excluding diaryl/α,β-unsaturated/α-hetero) is 1. The number of thioether (sulfide) groups is 1. The normalized spacial score (nSPS) is 12.5. The van der Waals surface area contributed by atoms with Gasteiger partial charge in [-0.2, -0.15) is 11.8 Å². The molecule has 0 bridgehead atoms. The van der Waals surface area contributed by atoms with Crippen LogP contribution in [-0.2, 0) is 11.2 Å². The van der Waals surface area contributed by atoms with E-state index in [1.807, 2.05) is 0 Å². The van der Waals surface area contributed by atoms with Gasteiger partial charge in [0, 0.05) is 16.7 Å². The standard InChI is InChI=1S/C13H16ClFOS/c1-3-9(2)17-8-12(16)7-10-6-11(15)4-5-13(10)14/h4-6,9H,3,7-8H2,1-2H3. The summed E-state index contributed by atoms with van der Waals surface area (Å²) < 4.78 is 13.0. The largest absolute Gasteiger partial charge is 0.298 e. The molecule has 0 spiro atoms. The third-order valence-electron chi connectivity index (χ3n) is 2.50. The Morgan fingerprint density at radius 3 is 2.88 bits per heavy atom. The lowest BCUT2D eigenvalue weighted by Crippen LogP contribution is -2.09. The molecule has 1 aromatic rings. The maximum Gasteiger partial charge on any atom is 0.147 e. The van der Waals surface area contributed by atoms with E-state index in [9.17, 15) is 9.18 Å². The fourth-order valence-electron chi connectivity index (χ4n) is 1.30. The molecule has 0 saturated heterocycles. The van der Waals surface area contributed by atoms with E-state index in [1.165, 1.54) is 18.2 Å². The third-order valence-corrected chi connectivity index (χ3v) is 4.26. The summed E-state index contributed by atoms with van der Waals surface area (Å²) in [6.45, 7) is 4.18. The number of rotatable bonds is 6. The topological polar surface area (TPSA) is 17.1 Å². The SMILES string of the molecule is CCC(C)SCC(=O)Cc1cc(F)ccc1Cl. The maximum absolute atomic E-state index is 13.0. The average Bonchev–Trinajstić information content (AvgIpc) is 2.30. The number of hydrogen-bond acceptors (Lipinski definition) is 2. The molecule has 1 atom stereocenters. The smallest absolute Gasteiger partial charge is 0.147 e. The van der Waals surface area contributed by atoms with Gasteiger partial charge in [-0.1, -0.05) is 25.4 Å². The minimum absolute atomic E-state index is 0.0859. The summed E-state index contributed by atoms with van der Waals surface area (Å²) in [7, 11) is 0. The highest BCUT2D eigenvalue weighted by molar-refractivity contribution is 8.00. The van der Waals surface area contributed by atoms with Crippen molar-refractivity contribution in [2.45, 2.75) is 31.9 Å². The third kappa shape index (κ3) is 5.09. The van der Waals surface area contributed by atoms with Gasteiger partial charge >= 0.3 is 0 Å². The quantitative estimate of drug-likeness (QED) is 0.776. The average molecular weight is 275 g/mol. The van der Waals surface area contributed by atoms with Crippen LogP contribution in [0, 0.1) is 5.82 Å². The second kappa shape index (κ2) is 7.02. The summed E-state index contributed by atoms with van der Waals surface area (Å²) >= 11 is 7.53. The van der Waals surface area contributed by atoms with Crippen molar-refractivity contribution in [2.75, 3.05) is 5.75 Å². The van der Waals surface area contributed by atoms with Gasteiger partial charge in [0.05, 0.1) is 5.75 Å². The Bertz CT molecular complexity index is 395. The Balaban J connectivity index is 2.53. The van der Waals surface area contributed by atoms with Crippen LogP contribution in [0.5, 0.6) is 0 Å². The monoisotopic (exact) mass is 274 g/mol. The zero-order chi connectivity index (χ0) is 12.8. The number of carbonyl (C=O) groups excluding carboxylic acids is 1. The first-order chi connectivity index (χ1) is 8.02. The first-order valence-electron chi connectivity index (χ1n) is 5.60. The predicted octanol–water partition coefficient (Wildman–Crippen LogP) is 4.12. The molecule has 0 aliphatic heterocycles. The van der Waals surface area contributed by atoms with Crippen LogP contribution in [0.4, 0.5) is 4.39 Å². The van der Waals surface area contributed by atoms with Crippen molar-refractivity contribution in [1.29, 1.82) is 0 Å². The molecule has 0 radical (unpaired) electrons. The lowest BCUT2D eigenvalue weighted by atomic mass is 10.1. The second-order valence-electron chi connectivity index (χ2n) is 3.98. The van der Waals surface area contributed by atoms with Crippen molar-refractivity contribution < 1.29 is 9.18 Å². The van der Waals surface area contributed by atoms with E-state index in [1.54, 1.807) is 11.8 Å². The number of hydrogen-bond donors (Lipinski definition) is 0. The van der Waals surface area contributed by atoms with Crippen LogP contribution in [0.3, 0.4) is 0 Å². The first kappa shape index (κ1) is 14.5. The van der Waals surface area contributed by atoms with E-state index in [2.05, 4.69) is 13.8 Å². The van der Waals surface area contributed by atoms with Crippen molar-refractivity contribution in [1.82, 2.24) is 0 Å². The molecule has 4 heteroatoms. The van der Waals surface area contributed by atoms with E-state index in [0.717, 1.165) is 6.42 Å². The lowest BCUT2D eigenvalue weighted by molar-refractivity contribution is -0.116. The van der Waals surface area contributed by atoms with Gasteiger partial charge in [-0.3, -0.25) is 4.79 Å². The summed E-state index contributed by atoms with van der Waals surface area (Å²) in [4.78, 5) is 11.7. The maximum atomic E-state index is 13.0. The molecule has 0 fully saturated rings. The highest BCUT2D eigenvalue weighted by atomic mass is 35.5. The van der Waals surface area contributed by atoms with Crippen LogP contribution >= 0.6 is 23.4 Å². The number of benzene rings is 1. The molecule has 1 rings (SSSR count). The highest BCUT2D eigenvalue weighted by Crippen LogP contribution is 2.19. The number of halogens is 2. The lowest BCUT2D eigenvalue weighted by Gasteiger charge is -2.08. The van der Waals surface area contributed by atoms with Crippen LogP contribution in [-0.4, -0.2) is 16.8 Å². The van der Waals surface area contributed by atoms with Crippen molar-refractivity contribution in [3.8, 4) is 0 Å². The summed E-state index contributed by atoms with van der Waals surface area (Å²) in [5, 5.41) is 0.926. The van der Waals surface area contributed by atoms with Crippen molar-refractivity contribution in [3.05, 3.63) is 34.6 Å². The summed E-state index contributed by atoms with van der Waals surface area (Å²) in [6, 6.07) is 4.11. The highest BCUT2D eigenvalue weighted by Gasteiger charge is 2.10. The molecule has 0 aliphatic rings. The fourth-order valence-corrected chi connectivity index (χ4v) is 2.29. The molecule has 0 aromatic heterocycles. The fraction of sp³-hybridized carbons (Fsp3) is 0.462. The summed E-state index contributed by atoms with van der Waals surface area (Å²) in [6.07, 6.45) is 1.25. The molecule has 0 aliphatic carbocycles. The van der Waals surface area contributed by atoms with Gasteiger partial charge in [0.2, 0.25) is 0 Å². The Morgan fingerprint density at radius 1 is 1.53 bits per heavy atom. The van der Waals surface area contributed by atoms with Gasteiger partial charge in [0.1, 0.15) is 11.6 Å². The van der Waals surface area contributed by atoms with Gasteiger partial charge in [0.15, 0.2) is 0 Å². The van der Waals surface area contributed by atoms with Crippen LogP contribution < -0.4 is 0 Å². The molecular weight excluding hydrogens is 259 g/mol. The van der Waals surface area contributed by atoms with Crippen LogP contribution in [0.1, 0.15) is 25.8 Å². The summed E-state index contributed by atoms with van der Waals surface area (Å²) in [5.41, 5.74) is 0.571. The zero-order valence-corrected chi connectivity index (χ0v) is 11.6. The molecule has 94 valence electrons. The minimum Gasteiger partial charge on any atom is -0.298 e. The molecule has 1 aromatic carbocycles. The van der Waals surface area contributed by atoms with Crippen LogP contribution in [0.2, 0.25) is 5.02 Å². The minimum atomic E-state index is -0.355. The molecule has 0 N–H and O–H groups in total. The molecule has 1 unspecified atom stereocenters. The molecule has 0 saturated carbocycles. The Morgan fingerprint density at radius 2 is 2.24 bits per heavy atom. The van der Waals surface area contributed by atoms with E-state index >= 15 is 0 Å². The van der Waals surface area contributed by atoms with Crippen molar-refractivity contribution >= 4 is 29.1 Å². The molecule has 0 heterocycles. The first-order valence-corrected chi connectivity index (χ1v) is 7.02. The van der Waals surface area contributed by atoms with E-state index in [0.29, 0.717) is 21.6 Å². The molecule has 1 nitrogen and oxygen atoms in total. The Kier molecular flexibility index (Phi) is 6.00. The van der Waals surface area contributed by atoms with E-state index < -0.39 is 0 Å². The van der Waals surface area contributed by atoms with E-state index in [-0.39, 0.29) is 18.0 Å². The molecule has 0 amide bonds.